The summed E-state index contributed by atoms with van der Waals surface area (Å²) in [5.41, 5.74) is 11.4. The van der Waals surface area contributed by atoms with E-state index >= 15 is 0 Å². The van der Waals surface area contributed by atoms with Gasteiger partial charge in [0.15, 0.2) is 11.6 Å². The van der Waals surface area contributed by atoms with Crippen LogP contribution in [0.3, 0.4) is 0 Å². The molecule has 0 unspecified atom stereocenters. The van der Waals surface area contributed by atoms with E-state index < -0.39 is 15.9 Å². The lowest BCUT2D eigenvalue weighted by molar-refractivity contribution is 0.102. The largest absolute Gasteiger partial charge is 0.492 e. The van der Waals surface area contributed by atoms with E-state index in [9.17, 15) is 13.2 Å². The number of likely N-dealkylation sites (tertiary alicyclic amines) is 1. The van der Waals surface area contributed by atoms with Crippen molar-refractivity contribution < 1.29 is 22.7 Å². The summed E-state index contributed by atoms with van der Waals surface area (Å²) in [7, 11) is -0.476. The maximum atomic E-state index is 13.7. The zero-order chi connectivity index (χ0) is 36.6. The van der Waals surface area contributed by atoms with Crippen molar-refractivity contribution in [3.8, 4) is 5.75 Å². The molecule has 4 rings (SSSR count). The third-order valence-electron chi connectivity index (χ3n) is 8.68. The van der Waals surface area contributed by atoms with Gasteiger partial charge in [-0.3, -0.25) is 9.52 Å². The Morgan fingerprint density at radius 2 is 1.80 bits per heavy atom. The maximum Gasteiger partial charge on any atom is 0.255 e. The number of aliphatic imine (C=N–C) groups is 1. The number of aromatic nitrogens is 1. The van der Waals surface area contributed by atoms with E-state index in [-0.39, 0.29) is 22.7 Å². The Kier molecular flexibility index (Phi) is 12.7. The van der Waals surface area contributed by atoms with Crippen molar-refractivity contribution in [1.29, 1.82) is 0 Å². The number of piperidine rings is 1. The van der Waals surface area contributed by atoms with E-state index in [1.165, 1.54) is 7.11 Å². The zero-order valence-corrected chi connectivity index (χ0v) is 31.0. The number of anilines is 3. The van der Waals surface area contributed by atoms with E-state index in [1.54, 1.807) is 43.6 Å². The number of carbonyl (C=O) groups excluding carboxylic acids is 1. The number of methoxy groups -OCH3 is 2. The number of pyridine rings is 1. The van der Waals surface area contributed by atoms with E-state index in [2.05, 4.69) is 26.8 Å². The summed E-state index contributed by atoms with van der Waals surface area (Å²) >= 11 is 0. The number of amidine groups is 1. The zero-order valence-electron chi connectivity index (χ0n) is 30.2. The number of benzene rings is 2. The number of aryl methyl sites for hydroxylation is 1. The molecule has 2 aromatic carbocycles. The number of rotatable bonds is 14. The molecule has 1 aromatic heterocycles. The van der Waals surface area contributed by atoms with E-state index in [0.29, 0.717) is 34.2 Å². The summed E-state index contributed by atoms with van der Waals surface area (Å²) in [4.78, 5) is 25.8. The van der Waals surface area contributed by atoms with Gasteiger partial charge in [0.1, 0.15) is 5.69 Å². The molecule has 0 saturated carbocycles. The highest BCUT2D eigenvalue weighted by molar-refractivity contribution is 7.92. The molecular weight excluding hydrogens is 655 g/mol. The van der Waals surface area contributed by atoms with E-state index in [4.69, 9.17) is 25.2 Å². The molecule has 1 saturated heterocycles. The van der Waals surface area contributed by atoms with Gasteiger partial charge >= 0.3 is 0 Å². The van der Waals surface area contributed by atoms with Crippen LogP contribution >= 0.6 is 0 Å². The highest BCUT2D eigenvalue weighted by Crippen LogP contribution is 2.39. The quantitative estimate of drug-likeness (QED) is 0.120. The molecule has 12 nitrogen and oxygen atoms in total. The van der Waals surface area contributed by atoms with Crippen LogP contribution in [0.4, 0.5) is 22.7 Å². The number of amides is 1. The molecule has 2 heterocycles. The molecule has 0 spiro atoms. The van der Waals surface area contributed by atoms with Gasteiger partial charge in [-0.15, -0.1) is 0 Å². The second-order valence-corrected chi connectivity index (χ2v) is 15.5. The van der Waals surface area contributed by atoms with Crippen LogP contribution in [0.2, 0.25) is 0 Å². The number of sulfonamides is 1. The van der Waals surface area contributed by atoms with Crippen LogP contribution in [0.1, 0.15) is 66.5 Å². The van der Waals surface area contributed by atoms with Crippen LogP contribution < -0.4 is 25.8 Å². The molecule has 0 bridgehead atoms. The molecule has 1 amide bonds. The topological polar surface area (TPSA) is 160 Å². The molecule has 1 fully saturated rings. The molecule has 5 N–H and O–H groups in total. The Labute approximate surface area is 296 Å². The number of nitrogens with two attached hydrogens (primary N) is 1. The molecule has 1 aliphatic rings. The lowest BCUT2D eigenvalue weighted by atomic mass is 9.86. The van der Waals surface area contributed by atoms with E-state index in [1.807, 2.05) is 39.8 Å². The number of carbonyl (C=O) groups is 1. The number of hydrogen-bond acceptors (Lipinski definition) is 9. The van der Waals surface area contributed by atoms with Crippen molar-refractivity contribution >= 4 is 44.5 Å². The number of ether oxygens (including phenoxy) is 2. The first-order valence-corrected chi connectivity index (χ1v) is 18.6. The van der Waals surface area contributed by atoms with Crippen molar-refractivity contribution in [2.24, 2.45) is 16.6 Å². The molecule has 1 aliphatic heterocycles. The second kappa shape index (κ2) is 16.5. The van der Waals surface area contributed by atoms with Crippen LogP contribution in [-0.2, 0) is 26.6 Å². The minimum absolute atomic E-state index is 0.191. The molecule has 3 aromatic rings. The average molecular weight is 706 g/mol. The Hall–Kier alpha value is -4.46. The third-order valence-corrected chi connectivity index (χ3v) is 9.28. The highest BCUT2D eigenvalue weighted by Gasteiger charge is 2.24. The van der Waals surface area contributed by atoms with Crippen molar-refractivity contribution in [1.82, 2.24) is 9.88 Å². The lowest BCUT2D eigenvalue weighted by Gasteiger charge is -2.31. The van der Waals surface area contributed by atoms with Gasteiger partial charge in [-0.2, -0.15) is 0 Å². The van der Waals surface area contributed by atoms with Crippen LogP contribution in [0.15, 0.2) is 60.2 Å². The summed E-state index contributed by atoms with van der Waals surface area (Å²) in [5, 5.41) is 6.03. The Balaban J connectivity index is 1.61. The SMILES string of the molecule is C=CNc1ccc(CC2CCN(CCOC)CC2)nc1C(N)=Nc1cc(C(=O)Nc2cc(C(C)(C)C)cc(NS(C)(=O)=O)c2OC)ccc1C. The normalized spacial score (nSPS) is 14.7. The fraction of sp³-hybridized carbons (Fsp3) is 0.432. The van der Waals surface area contributed by atoms with Gasteiger partial charge in [0.05, 0.1) is 42.7 Å². The Bertz CT molecular complexity index is 1830. The Morgan fingerprint density at radius 1 is 1.10 bits per heavy atom. The molecule has 0 atom stereocenters. The molecular formula is C37H51N7O5S. The highest BCUT2D eigenvalue weighted by atomic mass is 32.2. The fourth-order valence-corrected chi connectivity index (χ4v) is 6.41. The first kappa shape index (κ1) is 38.3. The average Bonchev–Trinajstić information content (AvgIpc) is 3.05. The third kappa shape index (κ3) is 10.3. The first-order valence-electron chi connectivity index (χ1n) is 16.7. The standard InChI is InChI=1S/C37H51N7O5S/c1-9-39-29-13-12-28(20-25-14-16-44(17-15-25)18-19-48-6)40-33(29)35(38)41-30-21-26(11-10-24(30)2)36(45)42-31-22-27(37(3,4)5)23-32(34(31)49-7)43-50(8,46)47/h9-13,21-23,25,39,43H,1,14-20H2,2-8H3,(H2,38,41)(H,42,45). The van der Waals surface area contributed by atoms with E-state index in [0.717, 1.165) is 68.6 Å². The maximum absolute atomic E-state index is 13.7. The monoisotopic (exact) mass is 705 g/mol. The van der Waals surface area contributed by atoms with Crippen LogP contribution in [0.5, 0.6) is 5.75 Å². The second-order valence-electron chi connectivity index (χ2n) is 13.7. The molecule has 0 aliphatic carbocycles. The lowest BCUT2D eigenvalue weighted by Crippen LogP contribution is -2.36. The van der Waals surface area contributed by atoms with Crippen LogP contribution in [0, 0.1) is 12.8 Å². The summed E-state index contributed by atoms with van der Waals surface area (Å²) in [5.74, 6) is 0.472. The van der Waals surface area contributed by atoms with Gasteiger partial charge in [-0.25, -0.2) is 18.4 Å². The summed E-state index contributed by atoms with van der Waals surface area (Å²) in [6, 6.07) is 12.6. The van der Waals surface area contributed by atoms with Gasteiger partial charge in [0.2, 0.25) is 10.0 Å². The predicted molar refractivity (Wildman–Crippen MR) is 202 cm³/mol. The summed E-state index contributed by atoms with van der Waals surface area (Å²) < 4.78 is 37.6. The summed E-state index contributed by atoms with van der Waals surface area (Å²) in [6.07, 6.45) is 5.65. The van der Waals surface area contributed by atoms with Gasteiger partial charge in [0, 0.05) is 24.9 Å². The van der Waals surface area contributed by atoms with Crippen LogP contribution in [-0.4, -0.2) is 76.8 Å². The summed E-state index contributed by atoms with van der Waals surface area (Å²) in [6.45, 7) is 15.4. The molecule has 13 heteroatoms. The smallest absolute Gasteiger partial charge is 0.255 e. The minimum Gasteiger partial charge on any atom is -0.492 e. The number of hydrogen-bond donors (Lipinski definition) is 4. The predicted octanol–water partition coefficient (Wildman–Crippen LogP) is 5.81. The minimum atomic E-state index is -3.63. The van der Waals surface area contributed by atoms with Crippen LogP contribution in [0.25, 0.3) is 0 Å². The Morgan fingerprint density at radius 3 is 2.42 bits per heavy atom. The van der Waals surface area contributed by atoms with Crippen molar-refractivity contribution in [2.75, 3.05) is 62.1 Å². The molecule has 0 radical (unpaired) electrons. The van der Waals surface area contributed by atoms with Crippen molar-refractivity contribution in [3.63, 3.8) is 0 Å². The van der Waals surface area contributed by atoms with Gasteiger partial charge in [-0.1, -0.05) is 33.4 Å². The first-order chi connectivity index (χ1) is 23.6. The van der Waals surface area contributed by atoms with Gasteiger partial charge in [-0.05, 0) is 104 Å². The molecule has 270 valence electrons. The van der Waals surface area contributed by atoms with Gasteiger partial charge < -0.3 is 30.7 Å². The number of nitrogens with zero attached hydrogens (tertiary/aromatic N) is 3. The van der Waals surface area contributed by atoms with Gasteiger partial charge in [0.25, 0.3) is 5.91 Å². The fourth-order valence-electron chi connectivity index (χ4n) is 5.86. The number of nitrogens with one attached hydrogen (secondary N) is 3. The van der Waals surface area contributed by atoms with Crippen molar-refractivity contribution in [3.05, 3.63) is 83.3 Å². The van der Waals surface area contributed by atoms with Crippen molar-refractivity contribution in [2.45, 2.75) is 52.4 Å². The molecule has 50 heavy (non-hydrogen) atoms.